The smallest absolute Gasteiger partial charge is 0.266 e. The number of aromatic nitrogens is 1. The number of para-hydroxylation sites is 1. The van der Waals surface area contributed by atoms with Crippen LogP contribution in [0, 0.1) is 0 Å². The number of nitrogens with zero attached hydrogens (tertiary/aromatic N) is 4. The zero-order valence-electron chi connectivity index (χ0n) is 19.4. The fourth-order valence-electron chi connectivity index (χ4n) is 4.03. The minimum absolute atomic E-state index is 0.130. The molecular weight excluding hydrogens is 430 g/mol. The molecule has 8 heteroatoms. The highest BCUT2D eigenvalue weighted by Gasteiger charge is 2.33. The van der Waals surface area contributed by atoms with E-state index in [0.717, 1.165) is 5.56 Å². The number of hydrogen-bond donors (Lipinski definition) is 1. The van der Waals surface area contributed by atoms with Crippen molar-refractivity contribution in [2.45, 2.75) is 26.1 Å². The minimum Gasteiger partial charge on any atom is -0.497 e. The van der Waals surface area contributed by atoms with Gasteiger partial charge in [0, 0.05) is 35.2 Å². The van der Waals surface area contributed by atoms with Gasteiger partial charge in [0.05, 0.1) is 18.5 Å². The standard InChI is InChI=1S/C26H27N5O3/c1-17(2)31(19-10-12-20(34-3)13-11-19)23(32)16-30-22-9-5-4-8-21(22)24(29-25(27)26(30)33)18-7-6-14-28-15-18/h4-15,17,25H,16,27H2,1-3H3. The lowest BCUT2D eigenvalue weighted by atomic mass is 10.0. The van der Waals surface area contributed by atoms with E-state index in [-0.39, 0.29) is 18.5 Å². The van der Waals surface area contributed by atoms with E-state index in [0.29, 0.717) is 28.4 Å². The quantitative estimate of drug-likeness (QED) is 0.613. The van der Waals surface area contributed by atoms with Crippen LogP contribution in [-0.2, 0) is 9.59 Å². The van der Waals surface area contributed by atoms with E-state index >= 15 is 0 Å². The van der Waals surface area contributed by atoms with Crippen LogP contribution < -0.4 is 20.3 Å². The van der Waals surface area contributed by atoms with Crippen molar-refractivity contribution in [2.75, 3.05) is 23.5 Å². The van der Waals surface area contributed by atoms with E-state index in [2.05, 4.69) is 9.98 Å². The molecule has 174 valence electrons. The molecule has 1 aromatic heterocycles. The summed E-state index contributed by atoms with van der Waals surface area (Å²) in [5.41, 5.74) is 9.51. The maximum atomic E-state index is 13.5. The Morgan fingerprint density at radius 3 is 2.50 bits per heavy atom. The number of rotatable bonds is 6. The van der Waals surface area contributed by atoms with Crippen LogP contribution in [0.15, 0.2) is 78.0 Å². The SMILES string of the molecule is COc1ccc(N(C(=O)CN2C(=O)C(N)N=C(c3cccnc3)c3ccccc32)C(C)C)cc1. The van der Waals surface area contributed by atoms with Gasteiger partial charge in [0.25, 0.3) is 5.91 Å². The molecule has 4 rings (SSSR count). The molecule has 0 aliphatic carbocycles. The van der Waals surface area contributed by atoms with Gasteiger partial charge in [-0.05, 0) is 56.3 Å². The highest BCUT2D eigenvalue weighted by molar-refractivity contribution is 6.20. The van der Waals surface area contributed by atoms with Crippen LogP contribution in [0.3, 0.4) is 0 Å². The van der Waals surface area contributed by atoms with Crippen molar-refractivity contribution in [3.63, 3.8) is 0 Å². The van der Waals surface area contributed by atoms with Crippen molar-refractivity contribution in [3.8, 4) is 5.75 Å². The largest absolute Gasteiger partial charge is 0.497 e. The Kier molecular flexibility index (Phi) is 6.70. The van der Waals surface area contributed by atoms with Crippen molar-refractivity contribution in [2.24, 2.45) is 10.7 Å². The van der Waals surface area contributed by atoms with Crippen LogP contribution in [0.25, 0.3) is 0 Å². The monoisotopic (exact) mass is 457 g/mol. The highest BCUT2D eigenvalue weighted by atomic mass is 16.5. The Balaban J connectivity index is 1.71. The Bertz CT molecular complexity index is 1210. The average molecular weight is 458 g/mol. The molecule has 0 saturated heterocycles. The van der Waals surface area contributed by atoms with Crippen molar-refractivity contribution >= 4 is 28.9 Å². The molecule has 2 N–H and O–H groups in total. The lowest BCUT2D eigenvalue weighted by Crippen LogP contribution is -2.49. The minimum atomic E-state index is -1.15. The molecule has 0 spiro atoms. The molecule has 2 aromatic carbocycles. The molecule has 1 unspecified atom stereocenters. The summed E-state index contributed by atoms with van der Waals surface area (Å²) < 4.78 is 5.23. The molecule has 1 aliphatic heterocycles. The normalized spacial score (nSPS) is 15.4. The van der Waals surface area contributed by atoms with E-state index in [1.54, 1.807) is 48.7 Å². The van der Waals surface area contributed by atoms with Crippen molar-refractivity contribution in [1.82, 2.24) is 4.98 Å². The summed E-state index contributed by atoms with van der Waals surface area (Å²) in [5, 5.41) is 0. The van der Waals surface area contributed by atoms with Gasteiger partial charge < -0.3 is 15.4 Å². The van der Waals surface area contributed by atoms with Crippen LogP contribution in [0.2, 0.25) is 0 Å². The number of aliphatic imine (C=N–C) groups is 1. The number of hydrogen-bond acceptors (Lipinski definition) is 6. The zero-order chi connectivity index (χ0) is 24.2. The van der Waals surface area contributed by atoms with Gasteiger partial charge in [0.1, 0.15) is 12.3 Å². The van der Waals surface area contributed by atoms with Gasteiger partial charge in [-0.3, -0.25) is 24.5 Å². The van der Waals surface area contributed by atoms with Gasteiger partial charge in [0.2, 0.25) is 5.91 Å². The number of carbonyl (C=O) groups excluding carboxylic acids is 2. The van der Waals surface area contributed by atoms with Gasteiger partial charge in [-0.15, -0.1) is 0 Å². The van der Waals surface area contributed by atoms with Gasteiger partial charge in [0.15, 0.2) is 6.17 Å². The van der Waals surface area contributed by atoms with E-state index < -0.39 is 12.1 Å². The van der Waals surface area contributed by atoms with Crippen molar-refractivity contribution in [3.05, 3.63) is 84.2 Å². The maximum Gasteiger partial charge on any atom is 0.266 e. The van der Waals surface area contributed by atoms with E-state index in [9.17, 15) is 9.59 Å². The van der Waals surface area contributed by atoms with E-state index in [1.807, 2.05) is 50.2 Å². The number of benzodiazepines with no additional fused rings is 1. The van der Waals surface area contributed by atoms with Gasteiger partial charge >= 0.3 is 0 Å². The first kappa shape index (κ1) is 23.1. The Morgan fingerprint density at radius 2 is 1.85 bits per heavy atom. The zero-order valence-corrected chi connectivity index (χ0v) is 19.4. The summed E-state index contributed by atoms with van der Waals surface area (Å²) in [5.74, 6) is 0.0149. The second kappa shape index (κ2) is 9.84. The molecule has 0 bridgehead atoms. The third-order valence-corrected chi connectivity index (χ3v) is 5.60. The van der Waals surface area contributed by atoms with Crippen LogP contribution in [-0.4, -0.2) is 48.4 Å². The third kappa shape index (κ3) is 4.53. The summed E-state index contributed by atoms with van der Waals surface area (Å²) in [7, 11) is 1.59. The fourth-order valence-corrected chi connectivity index (χ4v) is 4.03. The van der Waals surface area contributed by atoms with Crippen molar-refractivity contribution < 1.29 is 14.3 Å². The number of carbonyl (C=O) groups is 2. The summed E-state index contributed by atoms with van der Waals surface area (Å²) >= 11 is 0. The summed E-state index contributed by atoms with van der Waals surface area (Å²) in [6, 6.07) is 18.1. The van der Waals surface area contributed by atoms with Crippen LogP contribution in [0.5, 0.6) is 5.75 Å². The fraction of sp³-hybridized carbons (Fsp3) is 0.231. The first-order valence-electron chi connectivity index (χ1n) is 11.0. The number of methoxy groups -OCH3 is 1. The Morgan fingerprint density at radius 1 is 1.12 bits per heavy atom. The molecule has 2 amide bonds. The highest BCUT2D eigenvalue weighted by Crippen LogP contribution is 2.28. The molecule has 0 fully saturated rings. The van der Waals surface area contributed by atoms with E-state index in [4.69, 9.17) is 10.5 Å². The number of nitrogens with two attached hydrogens (primary N) is 1. The number of ether oxygens (including phenoxy) is 1. The number of benzene rings is 2. The number of pyridine rings is 1. The van der Waals surface area contributed by atoms with Gasteiger partial charge in [-0.25, -0.2) is 0 Å². The number of fused-ring (bicyclic) bond motifs is 1. The second-order valence-corrected chi connectivity index (χ2v) is 8.16. The first-order valence-corrected chi connectivity index (χ1v) is 11.0. The molecule has 34 heavy (non-hydrogen) atoms. The number of amides is 2. The van der Waals surface area contributed by atoms with Crippen LogP contribution >= 0.6 is 0 Å². The molecule has 1 atom stereocenters. The van der Waals surface area contributed by atoms with Crippen LogP contribution in [0.4, 0.5) is 11.4 Å². The predicted molar refractivity (Wildman–Crippen MR) is 132 cm³/mol. The topological polar surface area (TPSA) is 101 Å². The molecule has 0 radical (unpaired) electrons. The molecule has 1 aliphatic rings. The molecule has 8 nitrogen and oxygen atoms in total. The number of anilines is 2. The Labute approximate surface area is 198 Å². The Hall–Kier alpha value is -4.04. The van der Waals surface area contributed by atoms with Gasteiger partial charge in [-0.2, -0.15) is 0 Å². The van der Waals surface area contributed by atoms with Crippen LogP contribution in [0.1, 0.15) is 25.0 Å². The molecule has 0 saturated carbocycles. The first-order chi connectivity index (χ1) is 16.4. The lowest BCUT2D eigenvalue weighted by molar-refractivity contribution is -0.123. The molecule has 2 heterocycles. The maximum absolute atomic E-state index is 13.5. The lowest BCUT2D eigenvalue weighted by Gasteiger charge is -2.31. The van der Waals surface area contributed by atoms with Gasteiger partial charge in [-0.1, -0.05) is 18.2 Å². The molecular formula is C26H27N5O3. The third-order valence-electron chi connectivity index (χ3n) is 5.60. The average Bonchev–Trinajstić information content (AvgIpc) is 2.95. The second-order valence-electron chi connectivity index (χ2n) is 8.16. The van der Waals surface area contributed by atoms with Crippen molar-refractivity contribution in [1.29, 1.82) is 0 Å². The predicted octanol–water partition coefficient (Wildman–Crippen LogP) is 3.00. The van der Waals surface area contributed by atoms with E-state index in [1.165, 1.54) is 4.90 Å². The summed E-state index contributed by atoms with van der Waals surface area (Å²) in [6.07, 6.45) is 2.20. The summed E-state index contributed by atoms with van der Waals surface area (Å²) in [6.45, 7) is 3.68. The summed E-state index contributed by atoms with van der Waals surface area (Å²) in [4.78, 5) is 38.6. The molecule has 3 aromatic rings.